The Balaban J connectivity index is 1.53. The average Bonchev–Trinajstić information content (AvgIpc) is 2.68. The van der Waals surface area contributed by atoms with Crippen molar-refractivity contribution in [1.29, 1.82) is 5.41 Å². The maximum absolute atomic E-state index is 11.5. The van der Waals surface area contributed by atoms with Crippen LogP contribution in [-0.4, -0.2) is 53.3 Å². The molecule has 0 spiro atoms. The Morgan fingerprint density at radius 3 is 2.30 bits per heavy atom. The maximum atomic E-state index is 11.5. The highest BCUT2D eigenvalue weighted by Crippen LogP contribution is 2.27. The number of carboxylic acid groups (broad SMARTS) is 1. The minimum absolute atomic E-state index is 0.0111. The number of nitrogens with one attached hydrogen (secondary N) is 3. The summed E-state index contributed by atoms with van der Waals surface area (Å²) in [7, 11) is 0. The maximum Gasteiger partial charge on any atom is 0.313 e. The van der Waals surface area contributed by atoms with Gasteiger partial charge in [0, 0.05) is 24.0 Å². The largest absolute Gasteiger partial charge is 0.481 e. The molecule has 0 amide bonds. The summed E-state index contributed by atoms with van der Waals surface area (Å²) in [5.74, 6) is -0.885. The lowest BCUT2D eigenvalue weighted by Gasteiger charge is -2.42. The fourth-order valence-corrected chi connectivity index (χ4v) is 4.00. The molecule has 7 nitrogen and oxygen atoms in total. The second kappa shape index (κ2) is 9.43. The van der Waals surface area contributed by atoms with Gasteiger partial charge in [-0.2, -0.15) is 0 Å². The molecule has 0 atom stereocenters. The zero-order valence-electron chi connectivity index (χ0n) is 17.8. The number of hydrogen-bond donors (Lipinski definition) is 4. The highest BCUT2D eigenvalue weighted by atomic mass is 16.4. The van der Waals surface area contributed by atoms with Crippen LogP contribution in [0.1, 0.15) is 51.5 Å². The molecule has 30 heavy (non-hydrogen) atoms. The Bertz CT molecular complexity index is 804. The number of benzene rings is 1. The number of carbonyl (C=O) groups is 2. The van der Waals surface area contributed by atoms with Crippen LogP contribution in [0.15, 0.2) is 36.0 Å². The lowest BCUT2D eigenvalue weighted by molar-refractivity contribution is -0.142. The van der Waals surface area contributed by atoms with Crippen molar-refractivity contribution in [2.75, 3.05) is 18.4 Å². The normalized spacial score (nSPS) is 22.7. The van der Waals surface area contributed by atoms with Crippen LogP contribution >= 0.6 is 0 Å². The van der Waals surface area contributed by atoms with Crippen molar-refractivity contribution in [1.82, 2.24) is 10.2 Å². The van der Waals surface area contributed by atoms with Crippen molar-refractivity contribution >= 4 is 23.8 Å². The van der Waals surface area contributed by atoms with E-state index in [1.54, 1.807) is 44.3 Å². The molecule has 162 valence electrons. The van der Waals surface area contributed by atoms with Gasteiger partial charge in [-0.05, 0) is 76.7 Å². The summed E-state index contributed by atoms with van der Waals surface area (Å²) in [6, 6.07) is 7.94. The van der Waals surface area contributed by atoms with Crippen LogP contribution in [0.25, 0.3) is 0 Å². The number of aliphatic carboxylic acids is 1. The van der Waals surface area contributed by atoms with Crippen LogP contribution in [-0.2, 0) is 15.0 Å². The van der Waals surface area contributed by atoms with E-state index in [-0.39, 0.29) is 11.4 Å². The van der Waals surface area contributed by atoms with Gasteiger partial charge < -0.3 is 20.6 Å². The predicted molar refractivity (Wildman–Crippen MR) is 118 cm³/mol. The number of nitrogens with zero attached hydrogens (tertiary/aromatic N) is 1. The van der Waals surface area contributed by atoms with E-state index in [0.29, 0.717) is 29.6 Å². The topological polar surface area (TPSA) is 106 Å². The van der Waals surface area contributed by atoms with Crippen LogP contribution in [0.2, 0.25) is 0 Å². The molecule has 0 unspecified atom stereocenters. The van der Waals surface area contributed by atoms with Crippen LogP contribution in [0.5, 0.6) is 0 Å². The third-order valence-corrected chi connectivity index (χ3v) is 6.40. The van der Waals surface area contributed by atoms with Crippen molar-refractivity contribution in [3.05, 3.63) is 41.6 Å². The summed E-state index contributed by atoms with van der Waals surface area (Å²) in [6.45, 7) is 5.76. The number of carbonyl (C=O) groups excluding carboxylic acids is 1. The van der Waals surface area contributed by atoms with Gasteiger partial charge in [0.1, 0.15) is 5.84 Å². The highest BCUT2D eigenvalue weighted by Gasteiger charge is 2.29. The Morgan fingerprint density at radius 2 is 1.80 bits per heavy atom. The minimum Gasteiger partial charge on any atom is -0.481 e. The summed E-state index contributed by atoms with van der Waals surface area (Å²) in [6.07, 6.45) is 8.14. The van der Waals surface area contributed by atoms with E-state index in [1.807, 2.05) is 0 Å². The highest BCUT2D eigenvalue weighted by molar-refractivity contribution is 6.17. The van der Waals surface area contributed by atoms with E-state index < -0.39 is 11.4 Å². The molecule has 2 fully saturated rings. The summed E-state index contributed by atoms with van der Waals surface area (Å²) < 4.78 is 0. The van der Waals surface area contributed by atoms with E-state index in [0.717, 1.165) is 12.8 Å². The van der Waals surface area contributed by atoms with Gasteiger partial charge in [-0.1, -0.05) is 12.1 Å². The van der Waals surface area contributed by atoms with E-state index >= 15 is 0 Å². The summed E-state index contributed by atoms with van der Waals surface area (Å²) in [5.41, 5.74) is 0.578. The number of rotatable bonds is 8. The van der Waals surface area contributed by atoms with Crippen LogP contribution in [0, 0.1) is 5.41 Å². The lowest BCUT2D eigenvalue weighted by atomic mass is 9.85. The molecule has 7 heteroatoms. The van der Waals surface area contributed by atoms with Crippen molar-refractivity contribution in [2.45, 2.75) is 63.5 Å². The van der Waals surface area contributed by atoms with Crippen molar-refractivity contribution in [3.63, 3.8) is 0 Å². The first-order chi connectivity index (χ1) is 14.3. The number of likely N-dealkylation sites (tertiary alicyclic amines) is 1. The Morgan fingerprint density at radius 1 is 1.17 bits per heavy atom. The molecule has 1 aliphatic heterocycles. The van der Waals surface area contributed by atoms with Crippen molar-refractivity contribution in [2.24, 2.45) is 0 Å². The molecule has 1 aromatic rings. The van der Waals surface area contributed by atoms with Gasteiger partial charge in [0.05, 0.1) is 11.0 Å². The van der Waals surface area contributed by atoms with E-state index in [1.165, 1.54) is 32.4 Å². The molecular weight excluding hydrogens is 380 g/mol. The van der Waals surface area contributed by atoms with Gasteiger partial charge in [0.2, 0.25) is 0 Å². The van der Waals surface area contributed by atoms with Gasteiger partial charge in [-0.15, -0.1) is 0 Å². The fourth-order valence-electron chi connectivity index (χ4n) is 4.00. The first kappa shape index (κ1) is 22.0. The molecule has 3 rings (SSSR count). The summed E-state index contributed by atoms with van der Waals surface area (Å²) in [4.78, 5) is 25.4. The minimum atomic E-state index is -0.988. The summed E-state index contributed by atoms with van der Waals surface area (Å²) >= 11 is 0. The second-order valence-corrected chi connectivity index (χ2v) is 8.79. The number of hydrogen-bond acceptors (Lipinski definition) is 5. The zero-order valence-corrected chi connectivity index (χ0v) is 17.8. The number of anilines is 1. The first-order valence-corrected chi connectivity index (χ1v) is 10.7. The summed E-state index contributed by atoms with van der Waals surface area (Å²) in [5, 5.41) is 23.8. The first-order valence-electron chi connectivity index (χ1n) is 10.7. The number of aldehydes is 1. The molecule has 1 saturated carbocycles. The van der Waals surface area contributed by atoms with Gasteiger partial charge in [-0.3, -0.25) is 15.0 Å². The van der Waals surface area contributed by atoms with Crippen LogP contribution in [0.4, 0.5) is 5.69 Å². The molecule has 1 aromatic carbocycles. The van der Waals surface area contributed by atoms with Gasteiger partial charge >= 0.3 is 5.97 Å². The Labute approximate surface area is 178 Å². The Kier molecular flexibility index (Phi) is 6.92. The van der Waals surface area contributed by atoms with Crippen LogP contribution in [0.3, 0.4) is 0 Å². The molecule has 0 aromatic heterocycles. The van der Waals surface area contributed by atoms with Gasteiger partial charge in [0.25, 0.3) is 0 Å². The zero-order chi connectivity index (χ0) is 21.7. The number of carboxylic acids is 1. The van der Waals surface area contributed by atoms with Crippen molar-refractivity contribution < 1.29 is 14.7 Å². The molecule has 1 saturated heterocycles. The van der Waals surface area contributed by atoms with Gasteiger partial charge in [0.15, 0.2) is 6.29 Å². The lowest BCUT2D eigenvalue weighted by Crippen LogP contribution is -2.48. The van der Waals surface area contributed by atoms with E-state index in [9.17, 15) is 14.7 Å². The molecular formula is C23H32N4O3. The molecule has 0 bridgehead atoms. The fraction of sp³-hybridized carbons (Fsp3) is 0.522. The standard InChI is InChI=1S/C23H32N4O3/c1-23(2,22(29)30)17-4-6-19(7-5-17)26-21(24)16(15-28)14-25-18-8-10-20(11-9-18)27-12-3-13-27/h4-7,14-15,18,20,25H,3,8-13H2,1-2H3,(H2,24,26)(H,29,30)/b16-14-. The Hall–Kier alpha value is -2.67. The molecule has 0 radical (unpaired) electrons. The van der Waals surface area contributed by atoms with E-state index in [4.69, 9.17) is 5.41 Å². The third-order valence-electron chi connectivity index (χ3n) is 6.40. The SMILES string of the molecule is CC(C)(C(=O)O)c1ccc(NC(=N)/C(C=O)=C\NC2CCC(N3CCC3)CC2)cc1. The average molecular weight is 413 g/mol. The van der Waals surface area contributed by atoms with Gasteiger partial charge in [-0.25, -0.2) is 0 Å². The predicted octanol–water partition coefficient (Wildman–Crippen LogP) is 3.13. The molecule has 4 N–H and O–H groups in total. The molecule has 2 aliphatic rings. The smallest absolute Gasteiger partial charge is 0.313 e. The number of amidine groups is 1. The third kappa shape index (κ3) is 5.08. The second-order valence-electron chi connectivity index (χ2n) is 8.79. The molecule has 1 heterocycles. The molecule has 1 aliphatic carbocycles. The van der Waals surface area contributed by atoms with E-state index in [2.05, 4.69) is 15.5 Å². The monoisotopic (exact) mass is 412 g/mol. The quantitative estimate of drug-likeness (QED) is 0.226. The van der Waals surface area contributed by atoms with Crippen LogP contribution < -0.4 is 10.6 Å². The van der Waals surface area contributed by atoms with Crippen molar-refractivity contribution in [3.8, 4) is 0 Å².